The van der Waals surface area contributed by atoms with Crippen molar-refractivity contribution >= 4 is 16.0 Å². The molecule has 8 heteroatoms. The van der Waals surface area contributed by atoms with Gasteiger partial charge in [0.15, 0.2) is 0 Å². The van der Waals surface area contributed by atoms with Gasteiger partial charge >= 0.3 is 5.97 Å². The molecular formula is C13H10N2O5S. The van der Waals surface area contributed by atoms with E-state index in [2.05, 4.69) is 4.72 Å². The van der Waals surface area contributed by atoms with Crippen LogP contribution < -0.4 is 4.72 Å². The van der Waals surface area contributed by atoms with Gasteiger partial charge in [-0.1, -0.05) is 12.1 Å². The van der Waals surface area contributed by atoms with E-state index in [1.165, 1.54) is 30.3 Å². The molecule has 0 atom stereocenters. The molecule has 21 heavy (non-hydrogen) atoms. The monoisotopic (exact) mass is 306 g/mol. The van der Waals surface area contributed by atoms with Crippen LogP contribution in [0.5, 0.6) is 0 Å². The molecule has 2 N–H and O–H groups in total. The predicted octanol–water partition coefficient (Wildman–Crippen LogP) is 1.33. The molecule has 0 saturated heterocycles. The van der Waals surface area contributed by atoms with E-state index >= 15 is 0 Å². The maximum absolute atomic E-state index is 12.1. The number of hydrogen-bond donors (Lipinski definition) is 2. The molecule has 0 bridgehead atoms. The Morgan fingerprint density at radius 1 is 1.29 bits per heavy atom. The first-order valence-corrected chi connectivity index (χ1v) is 7.23. The Labute approximate surface area is 120 Å². The summed E-state index contributed by atoms with van der Waals surface area (Å²) in [7, 11) is -3.89. The van der Waals surface area contributed by atoms with Gasteiger partial charge in [-0.2, -0.15) is 5.26 Å². The average Bonchev–Trinajstić information content (AvgIpc) is 2.94. The van der Waals surface area contributed by atoms with Crippen molar-refractivity contribution in [2.24, 2.45) is 0 Å². The molecule has 0 amide bonds. The van der Waals surface area contributed by atoms with E-state index in [1.54, 1.807) is 12.1 Å². The lowest BCUT2D eigenvalue weighted by molar-refractivity contribution is 0.0660. The van der Waals surface area contributed by atoms with Crippen molar-refractivity contribution in [2.75, 3.05) is 0 Å². The minimum absolute atomic E-state index is 0.0238. The number of carboxylic acids is 1. The SMILES string of the molecule is N#Cc1ccccc1S(=O)(=O)NCc1ccc(C(=O)O)o1. The van der Waals surface area contributed by atoms with E-state index in [-0.39, 0.29) is 28.5 Å². The molecule has 1 aromatic carbocycles. The van der Waals surface area contributed by atoms with E-state index < -0.39 is 16.0 Å². The van der Waals surface area contributed by atoms with Crippen molar-refractivity contribution in [3.63, 3.8) is 0 Å². The van der Waals surface area contributed by atoms with Crippen molar-refractivity contribution in [2.45, 2.75) is 11.4 Å². The van der Waals surface area contributed by atoms with Crippen LogP contribution in [0.2, 0.25) is 0 Å². The second-order valence-electron chi connectivity index (χ2n) is 4.00. The number of hydrogen-bond acceptors (Lipinski definition) is 5. The smallest absolute Gasteiger partial charge is 0.371 e. The number of carbonyl (C=O) groups is 1. The van der Waals surface area contributed by atoms with Gasteiger partial charge in [-0.3, -0.25) is 0 Å². The molecule has 2 aromatic rings. The third-order valence-corrected chi connectivity index (χ3v) is 4.07. The number of rotatable bonds is 5. The van der Waals surface area contributed by atoms with Crippen LogP contribution in [0.4, 0.5) is 0 Å². The minimum Gasteiger partial charge on any atom is -0.475 e. The van der Waals surface area contributed by atoms with Crippen molar-refractivity contribution in [3.8, 4) is 6.07 Å². The molecule has 0 spiro atoms. The van der Waals surface area contributed by atoms with Crippen LogP contribution in [0.3, 0.4) is 0 Å². The average molecular weight is 306 g/mol. The highest BCUT2D eigenvalue weighted by atomic mass is 32.2. The van der Waals surface area contributed by atoms with Gasteiger partial charge in [0.05, 0.1) is 17.0 Å². The number of sulfonamides is 1. The second-order valence-corrected chi connectivity index (χ2v) is 5.74. The van der Waals surface area contributed by atoms with E-state index in [0.29, 0.717) is 0 Å². The van der Waals surface area contributed by atoms with Crippen LogP contribution in [0, 0.1) is 11.3 Å². The largest absolute Gasteiger partial charge is 0.475 e. The van der Waals surface area contributed by atoms with Crippen LogP contribution in [0.25, 0.3) is 0 Å². The van der Waals surface area contributed by atoms with Crippen molar-refractivity contribution in [3.05, 3.63) is 53.5 Å². The third kappa shape index (κ3) is 3.28. The highest BCUT2D eigenvalue weighted by molar-refractivity contribution is 7.89. The van der Waals surface area contributed by atoms with Crippen molar-refractivity contribution in [1.29, 1.82) is 5.26 Å². The molecule has 7 nitrogen and oxygen atoms in total. The summed E-state index contributed by atoms with van der Waals surface area (Å²) in [5.74, 6) is -1.36. The lowest BCUT2D eigenvalue weighted by atomic mass is 10.2. The van der Waals surface area contributed by atoms with Gasteiger partial charge in [0, 0.05) is 0 Å². The summed E-state index contributed by atoms with van der Waals surface area (Å²) in [6, 6.07) is 10.2. The summed E-state index contributed by atoms with van der Waals surface area (Å²) in [5.41, 5.74) is 0.0238. The van der Waals surface area contributed by atoms with E-state index in [1.807, 2.05) is 0 Å². The molecule has 1 heterocycles. The molecule has 0 saturated carbocycles. The molecule has 0 aliphatic rings. The first kappa shape index (κ1) is 14.8. The summed E-state index contributed by atoms with van der Waals surface area (Å²) < 4.78 is 31.4. The molecule has 1 aromatic heterocycles. The normalized spacial score (nSPS) is 11.0. The standard InChI is InChI=1S/C13H10N2O5S/c14-7-9-3-1-2-4-12(9)21(18,19)15-8-10-5-6-11(20-10)13(16)17/h1-6,15H,8H2,(H,16,17). The number of nitrogens with zero attached hydrogens (tertiary/aromatic N) is 1. The Morgan fingerprint density at radius 2 is 2.00 bits per heavy atom. The fraction of sp³-hybridized carbons (Fsp3) is 0.0769. The lowest BCUT2D eigenvalue weighted by Gasteiger charge is -2.06. The van der Waals surface area contributed by atoms with Gasteiger partial charge in [0.25, 0.3) is 0 Å². The zero-order valence-electron chi connectivity index (χ0n) is 10.6. The quantitative estimate of drug-likeness (QED) is 0.859. The maximum Gasteiger partial charge on any atom is 0.371 e. The lowest BCUT2D eigenvalue weighted by Crippen LogP contribution is -2.23. The van der Waals surface area contributed by atoms with E-state index in [4.69, 9.17) is 14.8 Å². The zero-order chi connectivity index (χ0) is 15.5. The Balaban J connectivity index is 2.18. The number of furan rings is 1. The number of nitriles is 1. The maximum atomic E-state index is 12.1. The fourth-order valence-corrected chi connectivity index (χ4v) is 2.77. The topological polar surface area (TPSA) is 120 Å². The van der Waals surface area contributed by atoms with E-state index in [0.717, 1.165) is 0 Å². The van der Waals surface area contributed by atoms with Crippen LogP contribution in [0.15, 0.2) is 45.7 Å². The molecule has 0 unspecified atom stereocenters. The van der Waals surface area contributed by atoms with Crippen LogP contribution in [-0.4, -0.2) is 19.5 Å². The number of benzene rings is 1. The van der Waals surface area contributed by atoms with Crippen molar-refractivity contribution in [1.82, 2.24) is 4.72 Å². The third-order valence-electron chi connectivity index (χ3n) is 2.61. The second kappa shape index (κ2) is 5.78. The zero-order valence-corrected chi connectivity index (χ0v) is 11.4. The molecule has 0 radical (unpaired) electrons. The van der Waals surface area contributed by atoms with Crippen molar-refractivity contribution < 1.29 is 22.7 Å². The van der Waals surface area contributed by atoms with Crippen LogP contribution in [0.1, 0.15) is 21.9 Å². The van der Waals surface area contributed by atoms with Crippen LogP contribution >= 0.6 is 0 Å². The fourth-order valence-electron chi connectivity index (χ4n) is 1.63. The molecular weight excluding hydrogens is 296 g/mol. The van der Waals surface area contributed by atoms with Gasteiger partial charge in [-0.25, -0.2) is 17.9 Å². The van der Waals surface area contributed by atoms with Gasteiger partial charge in [0.2, 0.25) is 15.8 Å². The summed E-state index contributed by atoms with van der Waals surface area (Å²) in [4.78, 5) is 10.5. The van der Waals surface area contributed by atoms with Gasteiger partial charge in [0.1, 0.15) is 11.8 Å². The highest BCUT2D eigenvalue weighted by Gasteiger charge is 2.19. The predicted molar refractivity (Wildman–Crippen MR) is 70.8 cm³/mol. The Morgan fingerprint density at radius 3 is 2.62 bits per heavy atom. The van der Waals surface area contributed by atoms with Gasteiger partial charge in [-0.15, -0.1) is 0 Å². The summed E-state index contributed by atoms with van der Waals surface area (Å²) in [6.07, 6.45) is 0. The summed E-state index contributed by atoms with van der Waals surface area (Å²) in [5, 5.41) is 17.6. The number of aromatic carboxylic acids is 1. The number of nitrogens with one attached hydrogen (secondary N) is 1. The van der Waals surface area contributed by atoms with Crippen LogP contribution in [-0.2, 0) is 16.6 Å². The molecule has 108 valence electrons. The molecule has 0 fully saturated rings. The first-order chi connectivity index (χ1) is 9.94. The summed E-state index contributed by atoms with van der Waals surface area (Å²) >= 11 is 0. The first-order valence-electron chi connectivity index (χ1n) is 5.75. The molecule has 0 aliphatic heterocycles. The molecule has 0 aliphatic carbocycles. The Hall–Kier alpha value is -2.63. The Kier molecular flexibility index (Phi) is 4.07. The Bertz CT molecular complexity index is 817. The highest BCUT2D eigenvalue weighted by Crippen LogP contribution is 2.15. The van der Waals surface area contributed by atoms with E-state index in [9.17, 15) is 13.2 Å². The number of carboxylic acid groups (broad SMARTS) is 1. The van der Waals surface area contributed by atoms with Gasteiger partial charge < -0.3 is 9.52 Å². The minimum atomic E-state index is -3.89. The summed E-state index contributed by atoms with van der Waals surface area (Å²) in [6.45, 7) is -0.213. The molecule has 2 rings (SSSR count). The van der Waals surface area contributed by atoms with Gasteiger partial charge in [-0.05, 0) is 24.3 Å².